The van der Waals surface area contributed by atoms with E-state index in [1.165, 1.54) is 30.9 Å². The molecule has 114 valence electrons. The lowest BCUT2D eigenvalue weighted by molar-refractivity contribution is -0.271. The van der Waals surface area contributed by atoms with Crippen LogP contribution >= 0.6 is 28.6 Å². The maximum Gasteiger partial charge on any atom is 0.454 e. The Morgan fingerprint density at radius 1 is 1.20 bits per heavy atom. The van der Waals surface area contributed by atoms with Crippen molar-refractivity contribution in [3.8, 4) is 5.75 Å². The minimum absolute atomic E-state index is 0.264. The molecule has 0 fully saturated rings. The highest BCUT2D eigenvalue weighted by Crippen LogP contribution is 2.48. The maximum absolute atomic E-state index is 12.7. The molecule has 0 aromatic heterocycles. The van der Waals surface area contributed by atoms with Crippen LogP contribution in [0.3, 0.4) is 0 Å². The number of thioether (sulfide) groups is 1. The molecule has 0 amide bonds. The molecular formula is C10H9ClF5OPS2. The molecule has 1 atom stereocenters. The molecule has 1 aromatic rings. The van der Waals surface area contributed by atoms with Gasteiger partial charge < -0.3 is 4.52 Å². The van der Waals surface area contributed by atoms with Gasteiger partial charge in [-0.15, -0.1) is 11.8 Å². The second kappa shape index (κ2) is 6.38. The summed E-state index contributed by atoms with van der Waals surface area (Å²) in [7, 11) is 0. The standard InChI is InChI=1S/C10H9ClF5OPS2/c1-18(11,19)17-7-2-4-8(5-3-7)20-6-9(12,13)10(14,15)16/h2-5H,6H2,1H3. The zero-order chi connectivity index (χ0) is 15.6. The van der Waals surface area contributed by atoms with Crippen molar-refractivity contribution < 1.29 is 26.5 Å². The lowest BCUT2D eigenvalue weighted by Gasteiger charge is -2.19. The van der Waals surface area contributed by atoms with Gasteiger partial charge in [-0.05, 0) is 47.3 Å². The topological polar surface area (TPSA) is 9.23 Å². The van der Waals surface area contributed by atoms with E-state index >= 15 is 0 Å². The predicted molar refractivity (Wildman–Crippen MR) is 74.9 cm³/mol. The van der Waals surface area contributed by atoms with E-state index in [1.54, 1.807) is 0 Å². The Kier molecular flexibility index (Phi) is 5.75. The molecule has 1 nitrogen and oxygen atoms in total. The van der Waals surface area contributed by atoms with Crippen molar-refractivity contribution in [2.45, 2.75) is 17.0 Å². The van der Waals surface area contributed by atoms with Gasteiger partial charge >= 0.3 is 12.1 Å². The minimum Gasteiger partial charge on any atom is -0.453 e. The third-order valence-corrected chi connectivity index (χ3v) is 4.01. The summed E-state index contributed by atoms with van der Waals surface area (Å²) in [4.78, 5) is 0.264. The number of hydrogen-bond donors (Lipinski definition) is 0. The molecule has 0 aliphatic heterocycles. The molecule has 1 unspecified atom stereocenters. The second-order valence-corrected chi connectivity index (χ2v) is 11.2. The van der Waals surface area contributed by atoms with Crippen molar-refractivity contribution in [2.24, 2.45) is 0 Å². The first-order valence-corrected chi connectivity index (χ1v) is 10.1. The van der Waals surface area contributed by atoms with E-state index in [4.69, 9.17) is 27.6 Å². The lowest BCUT2D eigenvalue weighted by Crippen LogP contribution is -2.38. The fourth-order valence-corrected chi connectivity index (χ4v) is 2.88. The minimum atomic E-state index is -5.55. The monoisotopic (exact) mass is 370 g/mol. The summed E-state index contributed by atoms with van der Waals surface area (Å²) in [6.45, 7) is 1.54. The maximum atomic E-state index is 12.7. The molecule has 10 heteroatoms. The highest BCUT2D eigenvalue weighted by molar-refractivity contribution is 8.24. The summed E-state index contributed by atoms with van der Waals surface area (Å²) in [6.07, 6.45) is -5.55. The van der Waals surface area contributed by atoms with Gasteiger partial charge in [0.05, 0.1) is 5.75 Å². The van der Waals surface area contributed by atoms with Gasteiger partial charge in [-0.25, -0.2) is 0 Å². The molecular weight excluding hydrogens is 362 g/mol. The summed E-state index contributed by atoms with van der Waals surface area (Å²) >= 11 is 11.0. The van der Waals surface area contributed by atoms with Gasteiger partial charge in [-0.3, -0.25) is 0 Å². The Bertz CT molecular complexity index is 499. The van der Waals surface area contributed by atoms with Crippen LogP contribution in [0.2, 0.25) is 0 Å². The Labute approximate surface area is 126 Å². The molecule has 1 rings (SSSR count). The summed E-state index contributed by atoms with van der Waals surface area (Å²) in [5.74, 6) is -5.76. The fraction of sp³-hybridized carbons (Fsp3) is 0.400. The van der Waals surface area contributed by atoms with Crippen LogP contribution < -0.4 is 4.52 Å². The van der Waals surface area contributed by atoms with Crippen LogP contribution in [0, 0.1) is 0 Å². The van der Waals surface area contributed by atoms with Crippen LogP contribution in [-0.4, -0.2) is 24.5 Å². The van der Waals surface area contributed by atoms with E-state index in [9.17, 15) is 22.0 Å². The summed E-state index contributed by atoms with van der Waals surface area (Å²) in [6, 6.07) is 5.57. The van der Waals surface area contributed by atoms with Crippen LogP contribution in [0.4, 0.5) is 22.0 Å². The van der Waals surface area contributed by atoms with Crippen LogP contribution in [0.25, 0.3) is 0 Å². The van der Waals surface area contributed by atoms with Crippen molar-refractivity contribution in [3.05, 3.63) is 24.3 Å². The van der Waals surface area contributed by atoms with E-state index in [1.807, 2.05) is 0 Å². The Hall–Kier alpha value is -0.0400. The number of alkyl halides is 5. The molecule has 0 aliphatic rings. The summed E-state index contributed by atoms with van der Waals surface area (Å²) < 4.78 is 66.6. The average Bonchev–Trinajstić information content (AvgIpc) is 2.24. The van der Waals surface area contributed by atoms with Crippen molar-refractivity contribution in [1.82, 2.24) is 0 Å². The molecule has 0 N–H and O–H groups in total. The molecule has 20 heavy (non-hydrogen) atoms. The molecule has 0 spiro atoms. The quantitative estimate of drug-likeness (QED) is 0.383. The highest BCUT2D eigenvalue weighted by Gasteiger charge is 2.57. The molecule has 0 heterocycles. The number of benzene rings is 1. The molecule has 0 saturated carbocycles. The molecule has 0 bridgehead atoms. The Morgan fingerprint density at radius 3 is 2.10 bits per heavy atom. The van der Waals surface area contributed by atoms with E-state index in [0.717, 1.165) is 0 Å². The van der Waals surface area contributed by atoms with E-state index < -0.39 is 23.5 Å². The van der Waals surface area contributed by atoms with Gasteiger partial charge in [0.1, 0.15) is 5.75 Å². The van der Waals surface area contributed by atoms with E-state index in [0.29, 0.717) is 17.5 Å². The first-order valence-electron chi connectivity index (χ1n) is 5.05. The van der Waals surface area contributed by atoms with Crippen molar-refractivity contribution >= 4 is 40.4 Å². The van der Waals surface area contributed by atoms with E-state index in [2.05, 4.69) is 0 Å². The van der Waals surface area contributed by atoms with Gasteiger partial charge in [0.2, 0.25) is 0 Å². The Morgan fingerprint density at radius 2 is 1.70 bits per heavy atom. The highest BCUT2D eigenvalue weighted by atomic mass is 35.7. The van der Waals surface area contributed by atoms with Crippen LogP contribution in [-0.2, 0) is 11.8 Å². The average molecular weight is 371 g/mol. The Balaban J connectivity index is 2.65. The molecule has 0 aliphatic carbocycles. The van der Waals surface area contributed by atoms with Gasteiger partial charge in [-0.1, -0.05) is 0 Å². The second-order valence-electron chi connectivity index (χ2n) is 3.80. The zero-order valence-corrected chi connectivity index (χ0v) is 13.2. The predicted octanol–water partition coefficient (Wildman–Crippen LogP) is 5.53. The van der Waals surface area contributed by atoms with Crippen molar-refractivity contribution in [1.29, 1.82) is 0 Å². The SMILES string of the molecule is CP(=S)(Cl)Oc1ccc(SCC(F)(F)C(F)(F)F)cc1. The van der Waals surface area contributed by atoms with Crippen LogP contribution in [0.1, 0.15) is 0 Å². The molecule has 1 aromatic carbocycles. The van der Waals surface area contributed by atoms with Gasteiger partial charge in [0, 0.05) is 11.6 Å². The molecule has 0 saturated heterocycles. The van der Waals surface area contributed by atoms with Crippen molar-refractivity contribution in [3.63, 3.8) is 0 Å². The smallest absolute Gasteiger partial charge is 0.453 e. The first kappa shape index (κ1) is 18.0. The summed E-state index contributed by atoms with van der Waals surface area (Å²) in [5.41, 5.74) is -2.44. The fourth-order valence-electron chi connectivity index (χ4n) is 1.04. The van der Waals surface area contributed by atoms with Gasteiger partial charge in [0.15, 0.2) is 5.62 Å². The third kappa shape index (κ3) is 5.76. The van der Waals surface area contributed by atoms with Gasteiger partial charge in [-0.2, -0.15) is 22.0 Å². The zero-order valence-electron chi connectivity index (χ0n) is 9.96. The first-order chi connectivity index (χ1) is 8.91. The number of hydrogen-bond acceptors (Lipinski definition) is 3. The number of halogens is 6. The summed E-state index contributed by atoms with van der Waals surface area (Å²) in [5, 5.41) is 0. The van der Waals surface area contributed by atoms with E-state index in [-0.39, 0.29) is 4.90 Å². The van der Waals surface area contributed by atoms with Crippen LogP contribution in [0.5, 0.6) is 5.75 Å². The molecule has 0 radical (unpaired) electrons. The number of rotatable bonds is 5. The van der Waals surface area contributed by atoms with Gasteiger partial charge in [0.25, 0.3) is 0 Å². The normalized spacial score (nSPS) is 15.8. The largest absolute Gasteiger partial charge is 0.454 e. The lowest BCUT2D eigenvalue weighted by atomic mass is 10.3. The van der Waals surface area contributed by atoms with Crippen molar-refractivity contribution in [2.75, 3.05) is 12.4 Å². The van der Waals surface area contributed by atoms with Crippen LogP contribution in [0.15, 0.2) is 29.2 Å². The third-order valence-electron chi connectivity index (χ3n) is 1.93.